The second kappa shape index (κ2) is 20.8. The van der Waals surface area contributed by atoms with Crippen molar-refractivity contribution < 1.29 is 18.4 Å². The lowest BCUT2D eigenvalue weighted by Crippen LogP contribution is -2.40. The molecule has 0 saturated carbocycles. The highest BCUT2D eigenvalue weighted by molar-refractivity contribution is 4.80. The summed E-state index contributed by atoms with van der Waals surface area (Å²) in [6.07, 6.45) is 20.8. The molecule has 0 aromatic rings. The van der Waals surface area contributed by atoms with Crippen molar-refractivity contribution in [3.8, 4) is 0 Å². The average molecular weight is 501 g/mol. The molecule has 0 aliphatic rings. The smallest absolute Gasteiger partial charge is 0.0780 e. The molecule has 0 rings (SSSR count). The average Bonchev–Trinajstić information content (AvgIpc) is 2.75. The van der Waals surface area contributed by atoms with Crippen molar-refractivity contribution in [3.63, 3.8) is 0 Å². The van der Waals surface area contributed by atoms with Gasteiger partial charge < -0.3 is 18.4 Å². The molecule has 0 aromatic carbocycles. The molecule has 0 spiro atoms. The minimum Gasteiger partial charge on any atom is -0.381 e. The normalized spacial score (nSPS) is 13.0. The summed E-state index contributed by atoms with van der Waals surface area (Å²) in [6.45, 7) is 10.6. The van der Waals surface area contributed by atoms with Crippen LogP contribution in [-0.4, -0.2) is 90.8 Å². The molecule has 0 unspecified atom stereocenters. The van der Waals surface area contributed by atoms with Crippen molar-refractivity contribution in [1.82, 2.24) is 0 Å². The first-order valence-electron chi connectivity index (χ1n) is 15.3. The van der Waals surface area contributed by atoms with Crippen LogP contribution in [0.25, 0.3) is 0 Å². The third-order valence-electron chi connectivity index (χ3n) is 7.17. The van der Waals surface area contributed by atoms with Gasteiger partial charge in [0.25, 0.3) is 0 Å². The van der Waals surface area contributed by atoms with Gasteiger partial charge in [-0.25, -0.2) is 0 Å². The van der Waals surface area contributed by atoms with E-state index < -0.39 is 0 Å². The van der Waals surface area contributed by atoms with Crippen LogP contribution in [0.5, 0.6) is 0 Å². The zero-order valence-corrected chi connectivity index (χ0v) is 25.8. The molecular formula is C31H68N2O2+2. The number of quaternary nitrogens is 2. The van der Waals surface area contributed by atoms with Crippen molar-refractivity contribution in [2.75, 3.05) is 81.8 Å². The Labute approximate surface area is 222 Å². The fraction of sp³-hybridized carbons (Fsp3) is 1.00. The highest BCUT2D eigenvalue weighted by atomic mass is 16.5. The van der Waals surface area contributed by atoms with E-state index in [1.165, 1.54) is 116 Å². The Morgan fingerprint density at radius 3 is 1.14 bits per heavy atom. The maximum Gasteiger partial charge on any atom is 0.0780 e. The summed E-state index contributed by atoms with van der Waals surface area (Å²) >= 11 is 0. The molecule has 0 amide bonds. The van der Waals surface area contributed by atoms with Gasteiger partial charge in [-0.1, -0.05) is 78.1 Å². The van der Waals surface area contributed by atoms with Crippen LogP contribution in [-0.2, 0) is 9.47 Å². The number of hydrogen-bond acceptors (Lipinski definition) is 2. The first-order valence-corrected chi connectivity index (χ1v) is 15.3. The zero-order chi connectivity index (χ0) is 26.5. The number of nitrogens with zero attached hydrogens (tertiary/aromatic N) is 2. The van der Waals surface area contributed by atoms with E-state index in [-0.39, 0.29) is 5.41 Å². The molecule has 4 nitrogen and oxygen atoms in total. The Morgan fingerprint density at radius 1 is 0.457 bits per heavy atom. The van der Waals surface area contributed by atoms with E-state index in [9.17, 15) is 0 Å². The second-order valence-electron chi connectivity index (χ2n) is 13.4. The number of ether oxygens (including phenoxy) is 2. The van der Waals surface area contributed by atoms with Crippen LogP contribution in [0.15, 0.2) is 0 Å². The fourth-order valence-corrected chi connectivity index (χ4v) is 4.86. The largest absolute Gasteiger partial charge is 0.381 e. The molecule has 212 valence electrons. The molecule has 4 heteroatoms. The van der Waals surface area contributed by atoms with Gasteiger partial charge in [0.1, 0.15) is 0 Å². The van der Waals surface area contributed by atoms with Crippen molar-refractivity contribution in [2.24, 2.45) is 5.41 Å². The summed E-state index contributed by atoms with van der Waals surface area (Å²) in [5.41, 5.74) is 0.161. The van der Waals surface area contributed by atoms with E-state index in [0.717, 1.165) is 35.4 Å². The molecule has 0 bridgehead atoms. The van der Waals surface area contributed by atoms with E-state index in [1.54, 1.807) is 0 Å². The molecule has 0 atom stereocenters. The lowest BCUT2D eigenvalue weighted by Gasteiger charge is -2.36. The maximum atomic E-state index is 6.40. The monoisotopic (exact) mass is 501 g/mol. The summed E-state index contributed by atoms with van der Waals surface area (Å²) in [6, 6.07) is 0. The number of unbranched alkanes of at least 4 members (excludes halogenated alkanes) is 10. The first-order chi connectivity index (χ1) is 16.5. The summed E-state index contributed by atoms with van der Waals surface area (Å²) in [4.78, 5) is 0. The van der Waals surface area contributed by atoms with Crippen LogP contribution in [0.2, 0.25) is 0 Å². The Kier molecular flexibility index (Phi) is 20.8. The van der Waals surface area contributed by atoms with E-state index in [2.05, 4.69) is 56.1 Å². The molecule has 0 fully saturated rings. The van der Waals surface area contributed by atoms with E-state index in [4.69, 9.17) is 9.47 Å². The van der Waals surface area contributed by atoms with Gasteiger partial charge in [0.05, 0.1) is 68.6 Å². The van der Waals surface area contributed by atoms with Gasteiger partial charge in [-0.3, -0.25) is 0 Å². The van der Waals surface area contributed by atoms with Gasteiger partial charge in [-0.2, -0.15) is 0 Å². The van der Waals surface area contributed by atoms with Gasteiger partial charge in [-0.05, 0) is 38.5 Å². The Balaban J connectivity index is 4.87. The molecule has 0 saturated heterocycles. The Bertz CT molecular complexity index is 412. The van der Waals surface area contributed by atoms with Gasteiger partial charge in [-0.15, -0.1) is 0 Å². The number of rotatable bonds is 26. The lowest BCUT2D eigenvalue weighted by atomic mass is 9.80. The van der Waals surface area contributed by atoms with Crippen molar-refractivity contribution in [1.29, 1.82) is 0 Å². The van der Waals surface area contributed by atoms with Crippen molar-refractivity contribution >= 4 is 0 Å². The molecule has 0 radical (unpaired) electrons. The fourth-order valence-electron chi connectivity index (χ4n) is 4.86. The molecule has 0 N–H and O–H groups in total. The third-order valence-corrected chi connectivity index (χ3v) is 7.17. The van der Waals surface area contributed by atoms with Crippen molar-refractivity contribution in [2.45, 2.75) is 117 Å². The summed E-state index contributed by atoms with van der Waals surface area (Å²) in [5, 5.41) is 0. The van der Waals surface area contributed by atoms with Gasteiger partial charge in [0, 0.05) is 18.6 Å². The minimum absolute atomic E-state index is 0.161. The minimum atomic E-state index is 0.161. The molecule has 35 heavy (non-hydrogen) atoms. The van der Waals surface area contributed by atoms with E-state index in [1.807, 2.05) is 0 Å². The topological polar surface area (TPSA) is 18.5 Å². The van der Waals surface area contributed by atoms with Crippen LogP contribution in [0.4, 0.5) is 0 Å². The number of hydrogen-bond donors (Lipinski definition) is 0. The lowest BCUT2D eigenvalue weighted by molar-refractivity contribution is -0.871. The maximum absolute atomic E-state index is 6.40. The summed E-state index contributed by atoms with van der Waals surface area (Å²) in [5.74, 6) is 0. The van der Waals surface area contributed by atoms with Gasteiger partial charge in [0.2, 0.25) is 0 Å². The Hall–Kier alpha value is -0.160. The summed E-state index contributed by atoms with van der Waals surface area (Å²) in [7, 11) is 13.9. The highest BCUT2D eigenvalue weighted by Gasteiger charge is 2.32. The van der Waals surface area contributed by atoms with Crippen molar-refractivity contribution in [3.05, 3.63) is 0 Å². The van der Waals surface area contributed by atoms with Crippen LogP contribution >= 0.6 is 0 Å². The zero-order valence-electron chi connectivity index (χ0n) is 25.8. The first kappa shape index (κ1) is 34.8. The quantitative estimate of drug-likeness (QED) is 0.0894. The third kappa shape index (κ3) is 24.0. The predicted octanol–water partition coefficient (Wildman–Crippen LogP) is 7.70. The SMILES string of the molecule is CCCCCCCCOCC(CCC[N+](C)(C)C)(CCC[N+](C)(C)C)COCCCCCCCC. The highest BCUT2D eigenvalue weighted by Crippen LogP contribution is 2.32. The second-order valence-corrected chi connectivity index (χ2v) is 13.4. The van der Waals surface area contributed by atoms with E-state index >= 15 is 0 Å². The predicted molar refractivity (Wildman–Crippen MR) is 155 cm³/mol. The molecule has 0 aliphatic carbocycles. The van der Waals surface area contributed by atoms with Gasteiger partial charge in [0.15, 0.2) is 0 Å². The van der Waals surface area contributed by atoms with Crippen LogP contribution < -0.4 is 0 Å². The van der Waals surface area contributed by atoms with E-state index in [0.29, 0.717) is 0 Å². The molecular weight excluding hydrogens is 432 g/mol. The Morgan fingerprint density at radius 2 is 0.800 bits per heavy atom. The van der Waals surface area contributed by atoms with Crippen LogP contribution in [0.3, 0.4) is 0 Å². The molecule has 0 heterocycles. The summed E-state index contributed by atoms with van der Waals surface area (Å²) < 4.78 is 14.9. The standard InChI is InChI=1S/C31H68N2O2/c1-9-11-13-15-17-19-27-34-29-31(23-21-25-32(3,4)5,24-22-26-33(6,7)8)30-35-28-20-18-16-14-12-10-2/h9-30H2,1-8H3/q+2. The van der Waals surface area contributed by atoms with Gasteiger partial charge >= 0.3 is 0 Å². The van der Waals surface area contributed by atoms with Crippen LogP contribution in [0.1, 0.15) is 117 Å². The molecule has 0 aromatic heterocycles. The van der Waals surface area contributed by atoms with Crippen LogP contribution in [0, 0.1) is 5.41 Å². The molecule has 0 aliphatic heterocycles.